The minimum Gasteiger partial charge on any atom is -0.485 e. The van der Waals surface area contributed by atoms with Crippen molar-refractivity contribution in [1.82, 2.24) is 10.1 Å². The summed E-state index contributed by atoms with van der Waals surface area (Å²) in [5.74, 6) is 2.49. The Labute approximate surface area is 116 Å². The number of unbranched alkanes of at least 4 members (excludes halogenated alkanes) is 1. The predicted molar refractivity (Wildman–Crippen MR) is 69.6 cm³/mol. The summed E-state index contributed by atoms with van der Waals surface area (Å²) in [6.45, 7) is 0.546. The van der Waals surface area contributed by atoms with Gasteiger partial charge in [0.05, 0.1) is 0 Å². The molecule has 0 aliphatic carbocycles. The number of aliphatic hydroxyl groups excluding tert-OH is 1. The molecule has 1 aliphatic rings. The highest BCUT2D eigenvalue weighted by Gasteiger charge is 2.26. The summed E-state index contributed by atoms with van der Waals surface area (Å²) in [4.78, 5) is 4.31. The van der Waals surface area contributed by atoms with Crippen LogP contribution in [0.3, 0.4) is 0 Å². The first-order valence-corrected chi connectivity index (χ1v) is 6.68. The molecule has 0 saturated heterocycles. The summed E-state index contributed by atoms with van der Waals surface area (Å²) in [5.41, 5.74) is 0. The Morgan fingerprint density at radius 2 is 2.05 bits per heavy atom. The van der Waals surface area contributed by atoms with Gasteiger partial charge in [-0.1, -0.05) is 17.3 Å². The topological polar surface area (TPSA) is 77.6 Å². The number of hydrogen-bond donors (Lipinski definition) is 1. The summed E-state index contributed by atoms with van der Waals surface area (Å²) in [5, 5.41) is 12.7. The zero-order valence-electron chi connectivity index (χ0n) is 11.0. The lowest BCUT2D eigenvalue weighted by Gasteiger charge is -2.24. The predicted octanol–water partition coefficient (Wildman–Crippen LogP) is 1.90. The molecule has 1 N–H and O–H groups in total. The first kappa shape index (κ1) is 12.9. The average molecular weight is 276 g/mol. The fourth-order valence-electron chi connectivity index (χ4n) is 2.04. The third-order valence-corrected chi connectivity index (χ3v) is 3.08. The van der Waals surface area contributed by atoms with Crippen LogP contribution in [0, 0.1) is 0 Å². The van der Waals surface area contributed by atoms with Crippen LogP contribution in [-0.2, 0) is 6.42 Å². The van der Waals surface area contributed by atoms with Crippen LogP contribution >= 0.6 is 0 Å². The Morgan fingerprint density at radius 3 is 2.90 bits per heavy atom. The van der Waals surface area contributed by atoms with Crippen LogP contribution < -0.4 is 9.47 Å². The second kappa shape index (κ2) is 5.92. The van der Waals surface area contributed by atoms with Crippen LogP contribution in [0.15, 0.2) is 28.8 Å². The second-order valence-electron chi connectivity index (χ2n) is 4.59. The zero-order chi connectivity index (χ0) is 13.8. The van der Waals surface area contributed by atoms with Gasteiger partial charge in [-0.25, -0.2) is 0 Å². The third-order valence-electron chi connectivity index (χ3n) is 3.08. The minimum absolute atomic E-state index is 0.178. The molecule has 6 heteroatoms. The van der Waals surface area contributed by atoms with Gasteiger partial charge in [0, 0.05) is 13.0 Å². The van der Waals surface area contributed by atoms with Crippen molar-refractivity contribution in [3.63, 3.8) is 0 Å². The molecule has 3 rings (SSSR count). The molecular formula is C14H16N2O4. The number of hydrogen-bond acceptors (Lipinski definition) is 6. The van der Waals surface area contributed by atoms with Crippen molar-refractivity contribution in [3.8, 4) is 11.5 Å². The molecule has 0 spiro atoms. The summed E-state index contributed by atoms with van der Waals surface area (Å²) in [6.07, 6.45) is 1.87. The van der Waals surface area contributed by atoms with Crippen molar-refractivity contribution in [1.29, 1.82) is 0 Å². The van der Waals surface area contributed by atoms with Gasteiger partial charge in [0.2, 0.25) is 11.7 Å². The van der Waals surface area contributed by atoms with Crippen molar-refractivity contribution < 1.29 is 19.1 Å². The Hall–Kier alpha value is -2.08. The van der Waals surface area contributed by atoms with Gasteiger partial charge < -0.3 is 19.1 Å². The van der Waals surface area contributed by atoms with Gasteiger partial charge in [-0.05, 0) is 25.0 Å². The minimum atomic E-state index is -0.347. The SMILES string of the molecule is OCCCCc1nc(C2COc3ccccc3O2)no1. The molecule has 0 fully saturated rings. The quantitative estimate of drug-likeness (QED) is 0.840. The molecule has 0 bridgehead atoms. The van der Waals surface area contributed by atoms with E-state index < -0.39 is 0 Å². The van der Waals surface area contributed by atoms with E-state index in [1.165, 1.54) is 0 Å². The molecule has 106 valence electrons. The van der Waals surface area contributed by atoms with Crippen LogP contribution in [0.2, 0.25) is 0 Å². The highest BCUT2D eigenvalue weighted by Crippen LogP contribution is 2.35. The van der Waals surface area contributed by atoms with E-state index >= 15 is 0 Å². The molecule has 2 heterocycles. The third kappa shape index (κ3) is 2.75. The maximum absolute atomic E-state index is 8.74. The Bertz CT molecular complexity index is 570. The molecule has 6 nitrogen and oxygen atoms in total. The van der Waals surface area contributed by atoms with Crippen molar-refractivity contribution in [3.05, 3.63) is 36.0 Å². The van der Waals surface area contributed by atoms with Crippen molar-refractivity contribution >= 4 is 0 Å². The number of benzene rings is 1. The number of ether oxygens (including phenoxy) is 2. The Morgan fingerprint density at radius 1 is 1.20 bits per heavy atom. The summed E-state index contributed by atoms with van der Waals surface area (Å²) in [7, 11) is 0. The molecule has 1 atom stereocenters. The number of rotatable bonds is 5. The van der Waals surface area contributed by atoms with Gasteiger partial charge in [0.25, 0.3) is 0 Å². The van der Waals surface area contributed by atoms with Crippen molar-refractivity contribution in [2.75, 3.05) is 13.2 Å². The zero-order valence-corrected chi connectivity index (χ0v) is 11.0. The summed E-state index contributed by atoms with van der Waals surface area (Å²) in [6, 6.07) is 7.50. The van der Waals surface area contributed by atoms with Crippen LogP contribution in [-0.4, -0.2) is 28.5 Å². The van der Waals surface area contributed by atoms with Gasteiger partial charge in [0.15, 0.2) is 17.6 Å². The number of aromatic nitrogens is 2. The highest BCUT2D eigenvalue weighted by molar-refractivity contribution is 5.40. The largest absolute Gasteiger partial charge is 0.485 e. The lowest BCUT2D eigenvalue weighted by molar-refractivity contribution is 0.0832. The van der Waals surface area contributed by atoms with Crippen LogP contribution in [0.4, 0.5) is 0 Å². The molecule has 0 radical (unpaired) electrons. The molecule has 1 aromatic carbocycles. The van der Waals surface area contributed by atoms with E-state index in [0.29, 0.717) is 30.5 Å². The van der Waals surface area contributed by atoms with E-state index in [9.17, 15) is 0 Å². The van der Waals surface area contributed by atoms with E-state index in [-0.39, 0.29) is 12.7 Å². The second-order valence-corrected chi connectivity index (χ2v) is 4.59. The molecular weight excluding hydrogens is 260 g/mol. The van der Waals surface area contributed by atoms with Crippen LogP contribution in [0.1, 0.15) is 30.7 Å². The standard InChI is InChI=1S/C14H16N2O4/c17-8-4-3-7-13-15-14(16-20-13)12-9-18-10-5-1-2-6-11(10)19-12/h1-2,5-6,12,17H,3-4,7-9H2. The fourth-order valence-corrected chi connectivity index (χ4v) is 2.04. The first-order valence-electron chi connectivity index (χ1n) is 6.68. The first-order chi connectivity index (χ1) is 9.86. The molecule has 20 heavy (non-hydrogen) atoms. The smallest absolute Gasteiger partial charge is 0.226 e. The molecule has 0 amide bonds. The Kier molecular flexibility index (Phi) is 3.83. The van der Waals surface area contributed by atoms with Gasteiger partial charge in [-0.3, -0.25) is 0 Å². The normalized spacial score (nSPS) is 17.1. The van der Waals surface area contributed by atoms with Gasteiger partial charge in [-0.2, -0.15) is 4.98 Å². The van der Waals surface area contributed by atoms with E-state index in [2.05, 4.69) is 10.1 Å². The highest BCUT2D eigenvalue weighted by atomic mass is 16.6. The van der Waals surface area contributed by atoms with Gasteiger partial charge in [-0.15, -0.1) is 0 Å². The maximum Gasteiger partial charge on any atom is 0.226 e. The number of aryl methyl sites for hydroxylation is 1. The average Bonchev–Trinajstić information content (AvgIpc) is 2.96. The Balaban J connectivity index is 1.66. The van der Waals surface area contributed by atoms with E-state index in [1.807, 2.05) is 24.3 Å². The monoisotopic (exact) mass is 276 g/mol. The number of fused-ring (bicyclic) bond motifs is 1. The summed E-state index contributed by atoms with van der Waals surface area (Å²) < 4.78 is 16.6. The number of para-hydroxylation sites is 2. The van der Waals surface area contributed by atoms with Gasteiger partial charge >= 0.3 is 0 Å². The van der Waals surface area contributed by atoms with E-state index in [1.54, 1.807) is 0 Å². The van der Waals surface area contributed by atoms with E-state index in [0.717, 1.165) is 18.6 Å². The van der Waals surface area contributed by atoms with E-state index in [4.69, 9.17) is 19.1 Å². The summed E-state index contributed by atoms with van der Waals surface area (Å²) >= 11 is 0. The number of aliphatic hydroxyl groups is 1. The molecule has 1 unspecified atom stereocenters. The van der Waals surface area contributed by atoms with Gasteiger partial charge in [0.1, 0.15) is 6.61 Å². The van der Waals surface area contributed by atoms with Crippen molar-refractivity contribution in [2.45, 2.75) is 25.4 Å². The molecule has 1 aromatic heterocycles. The fraction of sp³-hybridized carbons (Fsp3) is 0.429. The molecule has 2 aromatic rings. The lowest BCUT2D eigenvalue weighted by Crippen LogP contribution is -2.22. The molecule has 1 aliphatic heterocycles. The maximum atomic E-state index is 8.74. The number of nitrogens with zero attached hydrogens (tertiary/aromatic N) is 2. The van der Waals surface area contributed by atoms with Crippen LogP contribution in [0.5, 0.6) is 11.5 Å². The lowest BCUT2D eigenvalue weighted by atomic mass is 10.2. The van der Waals surface area contributed by atoms with Crippen molar-refractivity contribution in [2.24, 2.45) is 0 Å². The molecule has 0 saturated carbocycles. The van der Waals surface area contributed by atoms with Crippen LogP contribution in [0.25, 0.3) is 0 Å².